The Morgan fingerprint density at radius 3 is 2.62 bits per heavy atom. The zero-order valence-corrected chi connectivity index (χ0v) is 14.3. The van der Waals surface area contributed by atoms with Crippen molar-refractivity contribution in [2.45, 2.75) is 16.4 Å². The van der Waals surface area contributed by atoms with Gasteiger partial charge in [0.2, 0.25) is 0 Å². The number of aromatic nitrogens is 5. The van der Waals surface area contributed by atoms with E-state index < -0.39 is 6.23 Å². The summed E-state index contributed by atoms with van der Waals surface area (Å²) in [6.45, 7) is 0. The Bertz CT molecular complexity index is 1080. The van der Waals surface area contributed by atoms with E-state index in [4.69, 9.17) is 0 Å². The minimum Gasteiger partial charge on any atom is -0.368 e. The van der Waals surface area contributed by atoms with E-state index in [0.717, 1.165) is 27.3 Å². The van der Waals surface area contributed by atoms with Crippen LogP contribution in [0.1, 0.15) is 11.8 Å². The largest absolute Gasteiger partial charge is 0.368 e. The number of fused-ring (bicyclic) bond motifs is 2. The molecule has 1 N–H and O–H groups in total. The van der Waals surface area contributed by atoms with Gasteiger partial charge >= 0.3 is 0 Å². The highest BCUT2D eigenvalue weighted by atomic mass is 32.2. The summed E-state index contributed by atoms with van der Waals surface area (Å²) in [4.78, 5) is 13.2. The number of rotatable bonds is 2. The van der Waals surface area contributed by atoms with Crippen LogP contribution in [-0.2, 0) is 0 Å². The van der Waals surface area contributed by atoms with Gasteiger partial charge in [0.05, 0.1) is 0 Å². The van der Waals surface area contributed by atoms with Crippen molar-refractivity contribution >= 4 is 11.8 Å². The molecule has 0 spiro atoms. The van der Waals surface area contributed by atoms with Crippen molar-refractivity contribution in [3.8, 4) is 22.5 Å². The van der Waals surface area contributed by atoms with Crippen molar-refractivity contribution in [1.82, 2.24) is 24.7 Å². The molecule has 0 radical (unpaired) electrons. The molecule has 4 aromatic rings. The Kier molecular flexibility index (Phi) is 3.55. The van der Waals surface area contributed by atoms with Crippen LogP contribution in [0.15, 0.2) is 77.3 Å². The fraction of sp³-hybridized carbons (Fsp3) is 0.0526. The van der Waals surface area contributed by atoms with Gasteiger partial charge in [0, 0.05) is 35.3 Å². The van der Waals surface area contributed by atoms with E-state index in [9.17, 15) is 5.11 Å². The number of pyridine rings is 2. The first-order valence-corrected chi connectivity index (χ1v) is 8.89. The van der Waals surface area contributed by atoms with Crippen LogP contribution < -0.4 is 0 Å². The average molecular weight is 359 g/mol. The summed E-state index contributed by atoms with van der Waals surface area (Å²) in [7, 11) is 0. The molecule has 7 heteroatoms. The second-order valence-electron chi connectivity index (χ2n) is 5.86. The molecular formula is C19H13N5OS. The maximum Gasteiger partial charge on any atom is 0.195 e. The van der Waals surface area contributed by atoms with Crippen LogP contribution >= 0.6 is 11.8 Å². The molecule has 3 aromatic heterocycles. The van der Waals surface area contributed by atoms with Gasteiger partial charge in [-0.05, 0) is 35.5 Å². The summed E-state index contributed by atoms with van der Waals surface area (Å²) < 4.78 is 1.53. The van der Waals surface area contributed by atoms with Gasteiger partial charge in [-0.25, -0.2) is 14.6 Å². The predicted octanol–water partition coefficient (Wildman–Crippen LogP) is 3.41. The van der Waals surface area contributed by atoms with Crippen LogP contribution in [0.4, 0.5) is 0 Å². The molecular weight excluding hydrogens is 346 g/mol. The van der Waals surface area contributed by atoms with Gasteiger partial charge in [0.15, 0.2) is 17.2 Å². The third kappa shape index (κ3) is 2.49. The van der Waals surface area contributed by atoms with Crippen molar-refractivity contribution in [2.75, 3.05) is 0 Å². The second-order valence-corrected chi connectivity index (χ2v) is 6.82. The highest BCUT2D eigenvalue weighted by Gasteiger charge is 2.29. The predicted molar refractivity (Wildman–Crippen MR) is 97.4 cm³/mol. The summed E-state index contributed by atoms with van der Waals surface area (Å²) >= 11 is 1.40. The molecule has 126 valence electrons. The standard InChI is InChI=1S/C19H13N5OS/c25-18-15-9-14(12-5-2-1-3-6-12)11-21-17(15)26-19-22-16(23-24(18)19)13-7-4-8-20-10-13/h1-11,18,25H/t18-/m0/s1. The molecule has 1 atom stereocenters. The van der Waals surface area contributed by atoms with Gasteiger partial charge in [0.1, 0.15) is 5.03 Å². The van der Waals surface area contributed by atoms with E-state index in [1.807, 2.05) is 54.7 Å². The van der Waals surface area contributed by atoms with Crippen molar-refractivity contribution in [3.63, 3.8) is 0 Å². The highest BCUT2D eigenvalue weighted by molar-refractivity contribution is 7.99. The van der Waals surface area contributed by atoms with Gasteiger partial charge in [-0.15, -0.1) is 5.10 Å². The SMILES string of the molecule is O[C@H]1c2cc(-c3ccccc3)cnc2Sc2nc(-c3cccnc3)nn21. The van der Waals surface area contributed by atoms with Crippen molar-refractivity contribution < 1.29 is 5.11 Å². The minimum atomic E-state index is -0.921. The van der Waals surface area contributed by atoms with Gasteiger partial charge in [0.25, 0.3) is 0 Å². The zero-order valence-electron chi connectivity index (χ0n) is 13.5. The monoisotopic (exact) mass is 359 g/mol. The molecule has 0 saturated carbocycles. The molecule has 26 heavy (non-hydrogen) atoms. The molecule has 0 amide bonds. The lowest BCUT2D eigenvalue weighted by Gasteiger charge is -2.21. The van der Waals surface area contributed by atoms with Crippen molar-refractivity contribution in [2.24, 2.45) is 0 Å². The molecule has 5 rings (SSSR count). The molecule has 4 heterocycles. The Labute approximate surface area is 153 Å². The molecule has 0 saturated heterocycles. The summed E-state index contributed by atoms with van der Waals surface area (Å²) in [5.41, 5.74) is 3.55. The molecule has 6 nitrogen and oxygen atoms in total. The van der Waals surface area contributed by atoms with E-state index in [2.05, 4.69) is 20.1 Å². The fourth-order valence-electron chi connectivity index (χ4n) is 2.90. The average Bonchev–Trinajstić information content (AvgIpc) is 3.14. The number of aliphatic hydroxyl groups is 1. The summed E-state index contributed by atoms with van der Waals surface area (Å²) in [5, 5.41) is 16.7. The second kappa shape index (κ2) is 6.05. The zero-order chi connectivity index (χ0) is 17.5. The van der Waals surface area contributed by atoms with Crippen LogP contribution in [0.2, 0.25) is 0 Å². The summed E-state index contributed by atoms with van der Waals surface area (Å²) in [5.74, 6) is 0.538. The van der Waals surface area contributed by atoms with Crippen LogP contribution in [0.25, 0.3) is 22.5 Å². The Morgan fingerprint density at radius 1 is 0.962 bits per heavy atom. The Morgan fingerprint density at radius 2 is 1.81 bits per heavy atom. The van der Waals surface area contributed by atoms with E-state index in [0.29, 0.717) is 11.0 Å². The van der Waals surface area contributed by atoms with E-state index in [1.54, 1.807) is 12.4 Å². The third-order valence-electron chi connectivity index (χ3n) is 4.20. The van der Waals surface area contributed by atoms with Crippen LogP contribution in [0, 0.1) is 0 Å². The van der Waals surface area contributed by atoms with Gasteiger partial charge < -0.3 is 5.11 Å². The molecule has 0 fully saturated rings. The topological polar surface area (TPSA) is 76.7 Å². The molecule has 0 bridgehead atoms. The highest BCUT2D eigenvalue weighted by Crippen LogP contribution is 2.40. The maximum atomic E-state index is 10.8. The smallest absolute Gasteiger partial charge is 0.195 e. The first-order chi connectivity index (χ1) is 12.8. The van der Waals surface area contributed by atoms with Crippen LogP contribution in [-0.4, -0.2) is 29.8 Å². The van der Waals surface area contributed by atoms with Crippen LogP contribution in [0.3, 0.4) is 0 Å². The third-order valence-corrected chi connectivity index (χ3v) is 5.20. The summed E-state index contributed by atoms with van der Waals surface area (Å²) in [6.07, 6.45) is 4.31. The van der Waals surface area contributed by atoms with E-state index >= 15 is 0 Å². The van der Waals surface area contributed by atoms with E-state index in [1.165, 1.54) is 16.4 Å². The summed E-state index contributed by atoms with van der Waals surface area (Å²) in [6, 6.07) is 15.7. The lowest BCUT2D eigenvalue weighted by atomic mass is 10.1. The first kappa shape index (κ1) is 15.2. The quantitative estimate of drug-likeness (QED) is 0.591. The molecule has 0 unspecified atom stereocenters. The Hall–Kier alpha value is -3.03. The number of benzene rings is 1. The first-order valence-electron chi connectivity index (χ1n) is 8.08. The Balaban J connectivity index is 1.56. The van der Waals surface area contributed by atoms with Crippen molar-refractivity contribution in [3.05, 3.63) is 72.7 Å². The number of hydrogen-bond acceptors (Lipinski definition) is 6. The van der Waals surface area contributed by atoms with Crippen molar-refractivity contribution in [1.29, 1.82) is 0 Å². The van der Waals surface area contributed by atoms with Gasteiger partial charge in [-0.1, -0.05) is 30.3 Å². The lowest BCUT2D eigenvalue weighted by Crippen LogP contribution is -2.18. The number of aliphatic hydroxyl groups excluding tert-OH is 1. The fourth-order valence-corrected chi connectivity index (χ4v) is 3.83. The van der Waals surface area contributed by atoms with E-state index in [-0.39, 0.29) is 0 Å². The van der Waals surface area contributed by atoms with Gasteiger partial charge in [-0.3, -0.25) is 4.98 Å². The minimum absolute atomic E-state index is 0.538. The number of hydrogen-bond donors (Lipinski definition) is 1. The molecule has 1 aliphatic rings. The van der Waals surface area contributed by atoms with Crippen LogP contribution in [0.5, 0.6) is 0 Å². The maximum absolute atomic E-state index is 10.8. The lowest BCUT2D eigenvalue weighted by molar-refractivity contribution is 0.115. The van der Waals surface area contributed by atoms with Gasteiger partial charge in [-0.2, -0.15) is 0 Å². The number of nitrogens with zero attached hydrogens (tertiary/aromatic N) is 5. The molecule has 0 aliphatic carbocycles. The molecule has 1 aromatic carbocycles. The normalized spacial score (nSPS) is 15.3. The molecule has 1 aliphatic heterocycles.